The Kier molecular flexibility index (Phi) is 4.49. The Morgan fingerprint density at radius 3 is 2.14 bits per heavy atom. The summed E-state index contributed by atoms with van der Waals surface area (Å²) in [5.41, 5.74) is 0.526. The number of aryl methyl sites for hydroxylation is 1. The number of halogens is 6. The zero-order chi connectivity index (χ0) is 15.8. The maximum atomic E-state index is 13.4. The molecule has 0 spiro atoms. The molecule has 6 heteroatoms. The van der Waals surface area contributed by atoms with Crippen LogP contribution in [-0.2, 0) is 6.18 Å². The number of rotatable bonds is 2. The van der Waals surface area contributed by atoms with E-state index >= 15 is 0 Å². The van der Waals surface area contributed by atoms with Crippen LogP contribution in [-0.4, -0.2) is 0 Å². The van der Waals surface area contributed by atoms with E-state index in [1.54, 1.807) is 6.92 Å². The number of hydrogen-bond donors (Lipinski definition) is 0. The Labute approximate surface area is 129 Å². The zero-order valence-electron chi connectivity index (χ0n) is 10.8. The van der Waals surface area contributed by atoms with E-state index < -0.39 is 22.9 Å². The molecular weight excluding hydrogens is 327 g/mol. The quantitative estimate of drug-likeness (QED) is 0.456. The Bertz CT molecular complexity index is 648. The van der Waals surface area contributed by atoms with Gasteiger partial charge < -0.3 is 0 Å². The normalized spacial score (nSPS) is 13.3. The molecule has 0 aliphatic rings. The predicted molar refractivity (Wildman–Crippen MR) is 75.3 cm³/mol. The summed E-state index contributed by atoms with van der Waals surface area (Å²) in [5, 5.41) is -0.614. The van der Waals surface area contributed by atoms with Crippen LogP contribution in [0.1, 0.15) is 27.6 Å². The van der Waals surface area contributed by atoms with Crippen LogP contribution in [0.15, 0.2) is 36.4 Å². The summed E-state index contributed by atoms with van der Waals surface area (Å²) < 4.78 is 50.9. The zero-order valence-corrected chi connectivity index (χ0v) is 12.3. The molecule has 1 unspecified atom stereocenters. The van der Waals surface area contributed by atoms with Crippen molar-refractivity contribution in [2.24, 2.45) is 0 Å². The molecular formula is C15H10Cl2F4. The van der Waals surface area contributed by atoms with E-state index in [2.05, 4.69) is 0 Å². The molecule has 0 saturated carbocycles. The van der Waals surface area contributed by atoms with E-state index in [4.69, 9.17) is 23.2 Å². The third kappa shape index (κ3) is 3.50. The summed E-state index contributed by atoms with van der Waals surface area (Å²) in [6.07, 6.45) is -4.40. The van der Waals surface area contributed by atoms with Crippen LogP contribution in [0.4, 0.5) is 17.6 Å². The highest BCUT2D eigenvalue weighted by Gasteiger charge is 2.30. The number of hydrogen-bond acceptors (Lipinski definition) is 0. The Hall–Kier alpha value is -1.26. The lowest BCUT2D eigenvalue weighted by molar-refractivity contribution is -0.137. The SMILES string of the molecule is Cc1cc(C(Cl)c2ccc(C(F)(F)F)cc2)c(Cl)cc1F. The van der Waals surface area contributed by atoms with Gasteiger partial charge in [0.15, 0.2) is 0 Å². The highest BCUT2D eigenvalue weighted by atomic mass is 35.5. The Morgan fingerprint density at radius 1 is 1.05 bits per heavy atom. The average molecular weight is 337 g/mol. The van der Waals surface area contributed by atoms with Crippen LogP contribution in [0.3, 0.4) is 0 Å². The monoisotopic (exact) mass is 336 g/mol. The van der Waals surface area contributed by atoms with Crippen molar-refractivity contribution in [2.45, 2.75) is 18.5 Å². The number of alkyl halides is 4. The predicted octanol–water partition coefficient (Wildman–Crippen LogP) is 6.13. The minimum atomic E-state index is -4.40. The third-order valence-electron chi connectivity index (χ3n) is 3.08. The maximum absolute atomic E-state index is 13.4. The number of benzene rings is 2. The fraction of sp³-hybridized carbons (Fsp3) is 0.200. The Balaban J connectivity index is 2.36. The van der Waals surface area contributed by atoms with E-state index in [0.717, 1.165) is 18.2 Å². The molecule has 0 saturated heterocycles. The van der Waals surface area contributed by atoms with Crippen LogP contribution < -0.4 is 0 Å². The molecule has 0 aliphatic carbocycles. The summed E-state index contributed by atoms with van der Waals surface area (Å²) in [6, 6.07) is 7.12. The summed E-state index contributed by atoms with van der Waals surface area (Å²) in [4.78, 5) is 0. The lowest BCUT2D eigenvalue weighted by Crippen LogP contribution is -2.05. The van der Waals surface area contributed by atoms with Gasteiger partial charge in [-0.25, -0.2) is 4.39 Å². The van der Waals surface area contributed by atoms with Gasteiger partial charge in [-0.1, -0.05) is 23.7 Å². The van der Waals surface area contributed by atoms with Gasteiger partial charge in [-0.05, 0) is 47.9 Å². The van der Waals surface area contributed by atoms with Crippen LogP contribution in [0.5, 0.6) is 0 Å². The van der Waals surface area contributed by atoms with Gasteiger partial charge in [0.05, 0.1) is 10.9 Å². The van der Waals surface area contributed by atoms with Crippen molar-refractivity contribution in [3.63, 3.8) is 0 Å². The standard InChI is InChI=1S/C15H10Cl2F4/c1-8-6-11(12(16)7-13(8)18)14(17)9-2-4-10(5-3-9)15(19,20)21/h2-7,14H,1H3. The Morgan fingerprint density at radius 2 is 1.62 bits per heavy atom. The molecule has 0 radical (unpaired) electrons. The van der Waals surface area contributed by atoms with E-state index in [9.17, 15) is 17.6 Å². The molecule has 0 N–H and O–H groups in total. The average Bonchev–Trinajstić information content (AvgIpc) is 2.41. The van der Waals surface area contributed by atoms with Crippen LogP contribution in [0, 0.1) is 12.7 Å². The molecule has 1 atom stereocenters. The van der Waals surface area contributed by atoms with E-state index in [1.165, 1.54) is 18.2 Å². The van der Waals surface area contributed by atoms with Crippen molar-refractivity contribution in [1.82, 2.24) is 0 Å². The smallest absolute Gasteiger partial charge is 0.207 e. The molecule has 0 bridgehead atoms. The van der Waals surface area contributed by atoms with Gasteiger partial charge >= 0.3 is 6.18 Å². The van der Waals surface area contributed by atoms with E-state index in [0.29, 0.717) is 16.7 Å². The van der Waals surface area contributed by atoms with Gasteiger partial charge in [-0.2, -0.15) is 13.2 Å². The minimum absolute atomic E-state index is 0.137. The molecule has 2 rings (SSSR count). The topological polar surface area (TPSA) is 0 Å². The molecule has 21 heavy (non-hydrogen) atoms. The van der Waals surface area contributed by atoms with E-state index in [-0.39, 0.29) is 5.02 Å². The van der Waals surface area contributed by atoms with Crippen molar-refractivity contribution in [2.75, 3.05) is 0 Å². The van der Waals surface area contributed by atoms with Crippen molar-refractivity contribution in [3.8, 4) is 0 Å². The van der Waals surface area contributed by atoms with Crippen molar-refractivity contribution >= 4 is 23.2 Å². The molecule has 0 aliphatic heterocycles. The van der Waals surface area contributed by atoms with Gasteiger partial charge in [-0.3, -0.25) is 0 Å². The lowest BCUT2D eigenvalue weighted by atomic mass is 10.0. The second-order valence-electron chi connectivity index (χ2n) is 4.61. The maximum Gasteiger partial charge on any atom is 0.416 e. The molecule has 112 valence electrons. The summed E-state index contributed by atoms with van der Waals surface area (Å²) >= 11 is 12.2. The fourth-order valence-electron chi connectivity index (χ4n) is 1.89. The first kappa shape index (κ1) is 16.1. The van der Waals surface area contributed by atoms with E-state index in [1.807, 2.05) is 0 Å². The van der Waals surface area contributed by atoms with Crippen molar-refractivity contribution in [1.29, 1.82) is 0 Å². The highest BCUT2D eigenvalue weighted by Crippen LogP contribution is 2.36. The molecule has 0 amide bonds. The highest BCUT2D eigenvalue weighted by molar-refractivity contribution is 6.33. The van der Waals surface area contributed by atoms with Crippen LogP contribution in [0.2, 0.25) is 5.02 Å². The third-order valence-corrected chi connectivity index (χ3v) is 3.90. The van der Waals surface area contributed by atoms with Gasteiger partial charge in [0.2, 0.25) is 0 Å². The molecule has 0 aromatic heterocycles. The summed E-state index contributed by atoms with van der Waals surface area (Å²) in [7, 11) is 0. The fourth-order valence-corrected chi connectivity index (χ4v) is 2.54. The molecule has 0 heterocycles. The first-order chi connectivity index (χ1) is 9.70. The molecule has 2 aromatic carbocycles. The van der Waals surface area contributed by atoms with Crippen molar-refractivity contribution in [3.05, 3.63) is 69.5 Å². The molecule has 0 fully saturated rings. The minimum Gasteiger partial charge on any atom is -0.207 e. The first-order valence-corrected chi connectivity index (χ1v) is 6.78. The van der Waals surface area contributed by atoms with Gasteiger partial charge in [0.25, 0.3) is 0 Å². The van der Waals surface area contributed by atoms with Gasteiger partial charge in [-0.15, -0.1) is 11.6 Å². The first-order valence-electron chi connectivity index (χ1n) is 5.97. The largest absolute Gasteiger partial charge is 0.416 e. The summed E-state index contributed by atoms with van der Waals surface area (Å²) in [5.74, 6) is -0.458. The lowest BCUT2D eigenvalue weighted by Gasteiger charge is -2.14. The van der Waals surface area contributed by atoms with Gasteiger partial charge in [0, 0.05) is 5.02 Å². The summed E-state index contributed by atoms with van der Waals surface area (Å²) in [6.45, 7) is 1.56. The van der Waals surface area contributed by atoms with Crippen molar-refractivity contribution < 1.29 is 17.6 Å². The second kappa shape index (κ2) is 5.85. The molecule has 2 aromatic rings. The molecule has 0 nitrogen and oxygen atoms in total. The van der Waals surface area contributed by atoms with Gasteiger partial charge in [0.1, 0.15) is 5.82 Å². The van der Waals surface area contributed by atoms with Crippen LogP contribution in [0.25, 0.3) is 0 Å². The second-order valence-corrected chi connectivity index (χ2v) is 5.45. The van der Waals surface area contributed by atoms with Crippen LogP contribution >= 0.6 is 23.2 Å².